The molecule has 4 rings (SSSR count). The van der Waals surface area contributed by atoms with E-state index >= 15 is 0 Å². The van der Waals surface area contributed by atoms with Gasteiger partial charge >= 0.3 is 0 Å². The van der Waals surface area contributed by atoms with Crippen molar-refractivity contribution in [3.05, 3.63) is 106 Å². The van der Waals surface area contributed by atoms with Crippen LogP contribution >= 0.6 is 0 Å². The predicted octanol–water partition coefficient (Wildman–Crippen LogP) is 6.86. The minimum Gasteiger partial charge on any atom is -0.378 e. The number of nitrogens with one attached hydrogen (secondary N) is 2. The molecule has 210 valence electrons. The lowest BCUT2D eigenvalue weighted by Gasteiger charge is -2.29. The highest BCUT2D eigenvalue weighted by molar-refractivity contribution is 5.76. The number of ether oxygens (including phenoxy) is 1. The zero-order valence-electron chi connectivity index (χ0n) is 24.6. The molecule has 1 saturated heterocycles. The molecule has 40 heavy (non-hydrogen) atoms. The van der Waals surface area contributed by atoms with E-state index in [9.17, 15) is 0 Å². The monoisotopic (exact) mass is 537 g/mol. The summed E-state index contributed by atoms with van der Waals surface area (Å²) in [6.45, 7) is 11.5. The molecule has 0 bridgehead atoms. The van der Waals surface area contributed by atoms with E-state index in [4.69, 9.17) is 14.7 Å². The van der Waals surface area contributed by atoms with Gasteiger partial charge in [-0.05, 0) is 66.7 Å². The molecule has 0 unspecified atom stereocenters. The number of benzene rings is 1. The number of nitrogens with zero attached hydrogens (tertiary/aromatic N) is 3. The molecule has 0 amide bonds. The molecule has 6 heteroatoms. The number of morpholine rings is 1. The van der Waals surface area contributed by atoms with Crippen molar-refractivity contribution in [3.8, 4) is 0 Å². The van der Waals surface area contributed by atoms with Crippen LogP contribution in [-0.2, 0) is 17.6 Å². The highest BCUT2D eigenvalue weighted by Crippen LogP contribution is 2.35. The molecule has 0 saturated carbocycles. The van der Waals surface area contributed by atoms with E-state index in [1.165, 1.54) is 27.8 Å². The number of hydrogen-bond donors (Lipinski definition) is 2. The highest BCUT2D eigenvalue weighted by atomic mass is 16.5. The van der Waals surface area contributed by atoms with Crippen molar-refractivity contribution in [1.82, 2.24) is 15.3 Å². The van der Waals surface area contributed by atoms with E-state index in [2.05, 4.69) is 116 Å². The molecule has 2 aromatic rings. The van der Waals surface area contributed by atoms with Gasteiger partial charge in [0.2, 0.25) is 5.95 Å². The van der Waals surface area contributed by atoms with Gasteiger partial charge < -0.3 is 20.3 Å². The van der Waals surface area contributed by atoms with Crippen molar-refractivity contribution < 1.29 is 4.74 Å². The van der Waals surface area contributed by atoms with Gasteiger partial charge in [-0.25, -0.2) is 4.98 Å². The summed E-state index contributed by atoms with van der Waals surface area (Å²) in [5, 5.41) is 6.78. The summed E-state index contributed by atoms with van der Waals surface area (Å²) in [4.78, 5) is 12.4. The van der Waals surface area contributed by atoms with E-state index in [0.29, 0.717) is 19.2 Å². The highest BCUT2D eigenvalue weighted by Gasteiger charge is 2.26. The van der Waals surface area contributed by atoms with Crippen molar-refractivity contribution in [2.45, 2.75) is 47.0 Å². The second-order valence-corrected chi connectivity index (χ2v) is 9.87. The van der Waals surface area contributed by atoms with Crippen LogP contribution in [0.15, 0.2) is 83.8 Å². The first kappa shape index (κ1) is 29.1. The van der Waals surface area contributed by atoms with Gasteiger partial charge in [0.05, 0.1) is 18.9 Å². The van der Waals surface area contributed by atoms with Crippen LogP contribution in [0.5, 0.6) is 0 Å². The lowest BCUT2D eigenvalue weighted by Crippen LogP contribution is -2.37. The Balaban J connectivity index is 1.70. The topological polar surface area (TPSA) is 62.3 Å². The van der Waals surface area contributed by atoms with Gasteiger partial charge in [0.1, 0.15) is 11.6 Å². The minimum absolute atomic E-state index is 0.582. The van der Waals surface area contributed by atoms with E-state index in [-0.39, 0.29) is 0 Å². The van der Waals surface area contributed by atoms with E-state index in [0.717, 1.165) is 55.3 Å². The van der Waals surface area contributed by atoms with Crippen LogP contribution in [0.2, 0.25) is 0 Å². The third-order valence-corrected chi connectivity index (χ3v) is 7.17. The molecule has 1 fully saturated rings. The summed E-state index contributed by atoms with van der Waals surface area (Å²) in [6, 6.07) is 8.69. The zero-order chi connectivity index (χ0) is 28.3. The van der Waals surface area contributed by atoms with Gasteiger partial charge in [-0.2, -0.15) is 4.98 Å². The van der Waals surface area contributed by atoms with Crippen LogP contribution < -0.4 is 15.5 Å². The zero-order valence-corrected chi connectivity index (χ0v) is 24.6. The Morgan fingerprint density at radius 2 is 1.93 bits per heavy atom. The van der Waals surface area contributed by atoms with Crippen LogP contribution in [-0.4, -0.2) is 43.3 Å². The second-order valence-electron chi connectivity index (χ2n) is 9.87. The molecule has 0 radical (unpaired) electrons. The standard InChI is InChI=1S/C34H43N5O/c1-6-10-11-15-27(13-7-2)29-22-30-31(23-29)36-34(38-33(30)39-17-19-40-20-18-39)37-32(35-5)24-26(9-4)28-16-12-14-25(8-3)21-28/h7,9-16,21,23-24,35H,6,8,17-20,22H2,1-5H3,(H,36,37,38)/b11-10+,13-7-,26-9+,27-15+,32-24+. The van der Waals surface area contributed by atoms with Crippen molar-refractivity contribution in [2.24, 2.45) is 0 Å². The summed E-state index contributed by atoms with van der Waals surface area (Å²) in [5.41, 5.74) is 8.25. The Hall–Kier alpha value is -3.90. The van der Waals surface area contributed by atoms with Crippen molar-refractivity contribution in [1.29, 1.82) is 0 Å². The first-order valence-electron chi connectivity index (χ1n) is 14.5. The third-order valence-electron chi connectivity index (χ3n) is 7.17. The lowest BCUT2D eigenvalue weighted by molar-refractivity contribution is 0.122. The van der Waals surface area contributed by atoms with Crippen molar-refractivity contribution >= 4 is 23.4 Å². The van der Waals surface area contributed by atoms with Crippen LogP contribution in [0, 0.1) is 0 Å². The van der Waals surface area contributed by atoms with Gasteiger partial charge in [-0.15, -0.1) is 0 Å². The van der Waals surface area contributed by atoms with Crippen LogP contribution in [0.1, 0.15) is 56.5 Å². The average Bonchev–Trinajstić information content (AvgIpc) is 3.43. The van der Waals surface area contributed by atoms with Gasteiger partial charge in [-0.1, -0.05) is 74.6 Å². The van der Waals surface area contributed by atoms with Gasteiger partial charge in [-0.3, -0.25) is 0 Å². The Bertz CT molecular complexity index is 1360. The second kappa shape index (κ2) is 14.5. The SMILES string of the molecule is C\C=C/C(=C\C=C\CC)C1=Cc2nc(N/C(=C/C(=C\C)c3cccc(CC)c3)NC)nc(N3CCOCC3)c2C1. The molecule has 1 aromatic heterocycles. The number of anilines is 2. The Labute approximate surface area is 240 Å². The largest absolute Gasteiger partial charge is 0.378 e. The molecule has 0 spiro atoms. The fourth-order valence-corrected chi connectivity index (χ4v) is 4.97. The summed E-state index contributed by atoms with van der Waals surface area (Å²) < 4.78 is 5.65. The molecule has 2 heterocycles. The molecule has 2 N–H and O–H groups in total. The number of fused-ring (bicyclic) bond motifs is 1. The molecule has 1 aliphatic heterocycles. The quantitative estimate of drug-likeness (QED) is 0.305. The molecular weight excluding hydrogens is 494 g/mol. The number of rotatable bonds is 11. The predicted molar refractivity (Wildman–Crippen MR) is 169 cm³/mol. The number of allylic oxidation sites excluding steroid dienone is 10. The van der Waals surface area contributed by atoms with Gasteiger partial charge in [0.15, 0.2) is 0 Å². The van der Waals surface area contributed by atoms with E-state index in [1.807, 2.05) is 7.05 Å². The maximum Gasteiger partial charge on any atom is 0.230 e. The molecule has 2 aliphatic rings. The number of hydrogen-bond acceptors (Lipinski definition) is 6. The van der Waals surface area contributed by atoms with Crippen LogP contribution in [0.3, 0.4) is 0 Å². The first-order chi connectivity index (χ1) is 19.6. The average molecular weight is 538 g/mol. The Morgan fingerprint density at radius 3 is 2.62 bits per heavy atom. The Morgan fingerprint density at radius 1 is 1.10 bits per heavy atom. The molecule has 0 atom stereocenters. The maximum absolute atomic E-state index is 5.65. The van der Waals surface area contributed by atoms with E-state index in [1.54, 1.807) is 0 Å². The smallest absolute Gasteiger partial charge is 0.230 e. The first-order valence-corrected chi connectivity index (χ1v) is 14.5. The summed E-state index contributed by atoms with van der Waals surface area (Å²) >= 11 is 0. The van der Waals surface area contributed by atoms with Crippen LogP contribution in [0.4, 0.5) is 11.8 Å². The fraction of sp³-hybridized carbons (Fsp3) is 0.353. The Kier molecular flexibility index (Phi) is 10.5. The number of aromatic nitrogens is 2. The summed E-state index contributed by atoms with van der Waals surface area (Å²) in [6.07, 6.45) is 20.1. The molecular formula is C34H43N5O. The van der Waals surface area contributed by atoms with Gasteiger partial charge in [0.25, 0.3) is 0 Å². The summed E-state index contributed by atoms with van der Waals surface area (Å²) in [5.74, 6) is 2.41. The number of aryl methyl sites for hydroxylation is 1. The molecule has 1 aromatic carbocycles. The molecule has 1 aliphatic carbocycles. The summed E-state index contributed by atoms with van der Waals surface area (Å²) in [7, 11) is 1.92. The van der Waals surface area contributed by atoms with Crippen molar-refractivity contribution in [3.63, 3.8) is 0 Å². The van der Waals surface area contributed by atoms with E-state index < -0.39 is 0 Å². The molecule has 6 nitrogen and oxygen atoms in total. The lowest BCUT2D eigenvalue weighted by atomic mass is 10.0. The van der Waals surface area contributed by atoms with Gasteiger partial charge in [0, 0.05) is 32.1 Å². The third kappa shape index (κ3) is 7.19. The minimum atomic E-state index is 0.582. The maximum atomic E-state index is 5.65. The normalized spacial score (nSPS) is 16.6. The van der Waals surface area contributed by atoms with Crippen molar-refractivity contribution in [2.75, 3.05) is 43.6 Å². The van der Waals surface area contributed by atoms with Crippen LogP contribution in [0.25, 0.3) is 11.6 Å². The fourth-order valence-electron chi connectivity index (χ4n) is 4.97.